The molecule has 3 aliphatic heterocycles. The second kappa shape index (κ2) is 32.9. The number of fused-ring (bicyclic) bond motifs is 5. The largest absolute Gasteiger partial charge is 0.459 e. The molecule has 5 aromatic carbocycles. The zero-order chi connectivity index (χ0) is 72.9. The normalized spacial score (nSPS) is 35.3. The van der Waals surface area contributed by atoms with Crippen LogP contribution in [0.3, 0.4) is 0 Å². The van der Waals surface area contributed by atoms with Gasteiger partial charge in [0.25, 0.3) is 0 Å². The van der Waals surface area contributed by atoms with Gasteiger partial charge in [0.2, 0.25) is 0 Å². The summed E-state index contributed by atoms with van der Waals surface area (Å²) in [5.41, 5.74) is 1.40. The summed E-state index contributed by atoms with van der Waals surface area (Å²) in [5, 5.41) is 0. The van der Waals surface area contributed by atoms with Crippen molar-refractivity contribution in [2.24, 2.45) is 75.9 Å². The Bertz CT molecular complexity index is 3710. The molecule has 0 spiro atoms. The van der Waals surface area contributed by atoms with Gasteiger partial charge in [-0.05, 0) is 178 Å². The first-order valence-corrected chi connectivity index (χ1v) is 37.8. The monoisotopic (exact) mass is 1410 g/mol. The van der Waals surface area contributed by atoms with E-state index in [4.69, 9.17) is 52.1 Å². The molecule has 0 amide bonds. The third-order valence-corrected chi connectivity index (χ3v) is 25.1. The molecule has 103 heavy (non-hydrogen) atoms. The van der Waals surface area contributed by atoms with Crippen molar-refractivity contribution < 1.29 is 85.7 Å². The van der Waals surface area contributed by atoms with E-state index in [-0.39, 0.29) is 89.7 Å². The van der Waals surface area contributed by atoms with Crippen molar-refractivity contribution in [2.45, 2.75) is 214 Å². The first kappa shape index (κ1) is 75.2. The highest BCUT2D eigenvalue weighted by molar-refractivity contribution is 5.93. The average molecular weight is 1410 g/mol. The Kier molecular flexibility index (Phi) is 24.0. The van der Waals surface area contributed by atoms with Gasteiger partial charge < -0.3 is 52.1 Å². The Labute approximate surface area is 606 Å². The predicted octanol–water partition coefficient (Wildman–Crippen LogP) is 15.1. The van der Waals surface area contributed by atoms with Crippen LogP contribution in [-0.4, -0.2) is 128 Å². The first-order chi connectivity index (χ1) is 49.5. The molecule has 7 fully saturated rings. The molecule has 12 rings (SSSR count). The number of rotatable bonds is 24. The fourth-order valence-corrected chi connectivity index (χ4v) is 18.6. The third-order valence-electron chi connectivity index (χ3n) is 25.1. The molecule has 3 heterocycles. The Morgan fingerprint density at radius 3 is 1.50 bits per heavy atom. The van der Waals surface area contributed by atoms with E-state index in [1.54, 1.807) is 121 Å². The number of hydrogen-bond donors (Lipinski definition) is 0. The van der Waals surface area contributed by atoms with Gasteiger partial charge in [0.15, 0.2) is 31.1 Å². The molecular formula is C85H104O18. The lowest BCUT2D eigenvalue weighted by atomic mass is 9.44. The number of ketones is 2. The Balaban J connectivity index is 0.705. The average Bonchev–Trinajstić information content (AvgIpc) is 1.63. The molecule has 0 N–H and O–H groups in total. The highest BCUT2D eigenvalue weighted by atomic mass is 16.8. The molecule has 25 atom stereocenters. The van der Waals surface area contributed by atoms with Gasteiger partial charge in [-0.25, -0.2) is 24.0 Å². The minimum absolute atomic E-state index is 0.0372. The fraction of sp³-hybridized carbons (Fsp3) is 0.565. The van der Waals surface area contributed by atoms with Crippen LogP contribution < -0.4 is 0 Å². The van der Waals surface area contributed by atoms with Gasteiger partial charge in [-0.15, -0.1) is 0 Å². The van der Waals surface area contributed by atoms with Gasteiger partial charge in [0.05, 0.1) is 58.8 Å². The molecule has 0 radical (unpaired) electrons. The predicted molar refractivity (Wildman–Crippen MR) is 382 cm³/mol. The number of esters is 5. The van der Waals surface area contributed by atoms with Crippen LogP contribution in [-0.2, 0) is 61.7 Å². The summed E-state index contributed by atoms with van der Waals surface area (Å²) in [6.45, 7) is 20.6. The second-order valence-electron chi connectivity index (χ2n) is 31.3. The highest BCUT2D eigenvalue weighted by Crippen LogP contribution is 2.68. The molecule has 0 aromatic heterocycles. The van der Waals surface area contributed by atoms with Gasteiger partial charge in [-0.2, -0.15) is 0 Å². The smallest absolute Gasteiger partial charge is 0.338 e. The molecule has 552 valence electrons. The number of carbonyl (C=O) groups is 7. The van der Waals surface area contributed by atoms with E-state index >= 15 is 0 Å². The van der Waals surface area contributed by atoms with Crippen molar-refractivity contribution in [3.05, 3.63) is 179 Å². The lowest BCUT2D eigenvalue weighted by molar-refractivity contribution is -0.355. The van der Waals surface area contributed by atoms with Crippen LogP contribution in [0.1, 0.15) is 192 Å². The van der Waals surface area contributed by atoms with Crippen molar-refractivity contribution in [3.8, 4) is 0 Å². The molecule has 18 heteroatoms. The summed E-state index contributed by atoms with van der Waals surface area (Å²) in [6, 6.07) is 43.5. The SMILES string of the molecule is CCC1O[C@@H](OC[C@@H](C)CCC(=O)[C@@H](C)C2C(=O)CC3C4CCC5CC(O[C@@H]6OC(COC(=O)c7ccccc7)[C@@H](C)[C@H](C)C6O[C@@H]6OC(C)[C@H](C)[C@H](OC(=O)c7ccccc7)C6OC(=O)c6ccccc6)CCC5(C)C4CCC32C)C(OC(=O)c2ccccc2)[C@@H](OC(=O)c2ccccc2)[C@@H]1C. The van der Waals surface area contributed by atoms with Crippen molar-refractivity contribution in [1.82, 2.24) is 0 Å². The van der Waals surface area contributed by atoms with Crippen LogP contribution in [0.5, 0.6) is 0 Å². The maximum absolute atomic E-state index is 14.7. The summed E-state index contributed by atoms with van der Waals surface area (Å²) < 4.78 is 72.3. The highest BCUT2D eigenvalue weighted by Gasteiger charge is 2.64. The van der Waals surface area contributed by atoms with E-state index in [9.17, 15) is 33.6 Å². The van der Waals surface area contributed by atoms with Gasteiger partial charge in [0, 0.05) is 36.5 Å². The molecule has 4 aliphatic carbocycles. The minimum Gasteiger partial charge on any atom is -0.459 e. The Morgan fingerprint density at radius 1 is 0.495 bits per heavy atom. The van der Waals surface area contributed by atoms with E-state index in [0.29, 0.717) is 64.8 Å². The summed E-state index contributed by atoms with van der Waals surface area (Å²) >= 11 is 0. The van der Waals surface area contributed by atoms with Crippen molar-refractivity contribution in [1.29, 1.82) is 0 Å². The molecule has 3 saturated heterocycles. The number of Topliss-reactive ketones (excluding diaryl/α,β-unsaturated/α-hetero) is 2. The maximum Gasteiger partial charge on any atom is 0.338 e. The van der Waals surface area contributed by atoms with Crippen molar-refractivity contribution in [2.75, 3.05) is 13.2 Å². The maximum atomic E-state index is 14.7. The van der Waals surface area contributed by atoms with Gasteiger partial charge >= 0.3 is 29.8 Å². The third kappa shape index (κ3) is 16.4. The standard InChI is InChI=1S/C85H104O18/c1-11-68-54(7)72(100-78(90)58-31-21-14-22-32-58)74(101-79(91)59-33-23-15-24-34-59)81(97-68)94-47-49(2)37-40-66(86)53(6)70-67(87)46-65-63-39-38-61-45-62(41-43-84(61,9)64(63)42-44-85(65,70)10)96-82-73(51(4)50(3)69(98-82)48-93-76(88)56-27-17-12-18-28-56)103-83-75(102-80(92)60-35-25-16-26-36-60)71(52(5)55(8)95-83)99-77(89)57-29-19-13-20-30-57/h12-36,49-55,61-65,68-75,81-83H,11,37-48H2,1-10H3/t49-,50-,51-,52-,53+,54+,55?,61?,62?,63?,64?,65?,68?,69?,70?,71-,72-,73?,74?,75?,81+,82+,83-,84?,85?/m0/s1. The van der Waals surface area contributed by atoms with Crippen LogP contribution in [0.25, 0.3) is 0 Å². The number of benzene rings is 5. The molecular weight excluding hydrogens is 1310 g/mol. The van der Waals surface area contributed by atoms with Crippen molar-refractivity contribution in [3.63, 3.8) is 0 Å². The summed E-state index contributed by atoms with van der Waals surface area (Å²) in [4.78, 5) is 98.1. The van der Waals surface area contributed by atoms with Gasteiger partial charge in [0.1, 0.15) is 36.5 Å². The lowest BCUT2D eigenvalue weighted by Crippen LogP contribution is -2.61. The van der Waals surface area contributed by atoms with E-state index in [1.165, 1.54) is 0 Å². The van der Waals surface area contributed by atoms with Crippen LogP contribution in [0.4, 0.5) is 0 Å². The molecule has 18 nitrogen and oxygen atoms in total. The van der Waals surface area contributed by atoms with Gasteiger partial charge in [-0.1, -0.05) is 153 Å². The molecule has 14 unspecified atom stereocenters. The van der Waals surface area contributed by atoms with Crippen LogP contribution >= 0.6 is 0 Å². The number of carbonyl (C=O) groups excluding carboxylic acids is 7. The van der Waals surface area contributed by atoms with Crippen molar-refractivity contribution >= 4 is 41.4 Å². The zero-order valence-corrected chi connectivity index (χ0v) is 61.3. The summed E-state index contributed by atoms with van der Waals surface area (Å²) in [7, 11) is 0. The Hall–Kier alpha value is -7.45. The quantitative estimate of drug-likeness (QED) is 0.0318. The fourth-order valence-electron chi connectivity index (χ4n) is 18.6. The van der Waals surface area contributed by atoms with Gasteiger partial charge in [-0.3, -0.25) is 9.59 Å². The molecule has 5 aromatic rings. The molecule has 0 bridgehead atoms. The van der Waals surface area contributed by atoms with Crippen LogP contribution in [0.2, 0.25) is 0 Å². The first-order valence-electron chi connectivity index (χ1n) is 37.8. The minimum atomic E-state index is -1.23. The number of ether oxygens (including phenoxy) is 11. The lowest BCUT2D eigenvalue weighted by Gasteiger charge is -2.61. The van der Waals surface area contributed by atoms with E-state index < -0.39 is 103 Å². The topological polar surface area (TPSA) is 221 Å². The van der Waals surface area contributed by atoms with E-state index in [1.807, 2.05) is 78.8 Å². The molecule has 7 aliphatic rings. The summed E-state index contributed by atoms with van der Waals surface area (Å²) in [6.07, 6.45) is -2.04. The molecule has 4 saturated carbocycles. The Morgan fingerprint density at radius 2 is 0.971 bits per heavy atom. The number of hydrogen-bond acceptors (Lipinski definition) is 18. The van der Waals surface area contributed by atoms with E-state index in [2.05, 4.69) is 20.8 Å². The zero-order valence-electron chi connectivity index (χ0n) is 61.3. The van der Waals surface area contributed by atoms with Crippen LogP contribution in [0.15, 0.2) is 152 Å². The summed E-state index contributed by atoms with van der Waals surface area (Å²) in [5.74, 6) is -3.72. The van der Waals surface area contributed by atoms with E-state index in [0.717, 1.165) is 44.9 Å². The second-order valence-corrected chi connectivity index (χ2v) is 31.3. The van der Waals surface area contributed by atoms with Crippen LogP contribution in [0, 0.1) is 75.9 Å².